The summed E-state index contributed by atoms with van der Waals surface area (Å²) in [4.78, 5) is 27.4. The van der Waals surface area contributed by atoms with Crippen LogP contribution >= 0.6 is 11.6 Å². The highest BCUT2D eigenvalue weighted by Crippen LogP contribution is 2.65. The molecule has 0 spiro atoms. The second kappa shape index (κ2) is 4.02. The van der Waals surface area contributed by atoms with Crippen LogP contribution < -0.4 is 4.90 Å². The van der Waals surface area contributed by atoms with Gasteiger partial charge in [0.05, 0.1) is 17.5 Å². The molecule has 4 heteroatoms. The van der Waals surface area contributed by atoms with Crippen molar-refractivity contribution in [3.05, 3.63) is 40.9 Å². The molecule has 2 amide bonds. The number of hydrogen-bond acceptors (Lipinski definition) is 2. The maximum absolute atomic E-state index is 13.0. The normalized spacial score (nSPS) is 40.9. The minimum absolute atomic E-state index is 0.0231. The molecule has 1 aliphatic heterocycles. The molecule has 3 nitrogen and oxygen atoms in total. The smallest absolute Gasteiger partial charge is 0.238 e. The minimum Gasteiger partial charge on any atom is -0.274 e. The standard InChI is InChI=1S/C18H16ClNO2/c1-8-13(19)3-2-4-14(8)20-17(21)15-9-5-6-10(12-7-11(9)12)16(15)18(20)22/h2-6,9-12,15-16H,7H2,1H3/t9-,10-,11-,12+,15+,16-/m1/s1. The third-order valence-electron chi connectivity index (χ3n) is 6.14. The molecular weight excluding hydrogens is 298 g/mol. The van der Waals surface area contributed by atoms with E-state index in [0.29, 0.717) is 22.5 Å². The number of amides is 2. The van der Waals surface area contributed by atoms with Gasteiger partial charge in [-0.2, -0.15) is 0 Å². The first-order valence-electron chi connectivity index (χ1n) is 7.91. The van der Waals surface area contributed by atoms with Crippen molar-refractivity contribution >= 4 is 29.1 Å². The third-order valence-corrected chi connectivity index (χ3v) is 6.55. The first kappa shape index (κ1) is 12.9. The number of benzene rings is 1. The van der Waals surface area contributed by atoms with Crippen LogP contribution in [0.2, 0.25) is 5.02 Å². The highest BCUT2D eigenvalue weighted by molar-refractivity contribution is 6.32. The van der Waals surface area contributed by atoms with E-state index in [1.807, 2.05) is 13.0 Å². The molecule has 112 valence electrons. The Hall–Kier alpha value is -1.61. The van der Waals surface area contributed by atoms with E-state index in [4.69, 9.17) is 11.6 Å². The average Bonchev–Trinajstić information content (AvgIpc) is 3.28. The van der Waals surface area contributed by atoms with Gasteiger partial charge in [0, 0.05) is 5.02 Å². The fourth-order valence-electron chi connectivity index (χ4n) is 5.03. The lowest BCUT2D eigenvalue weighted by Crippen LogP contribution is -2.40. The molecule has 22 heavy (non-hydrogen) atoms. The summed E-state index contributed by atoms with van der Waals surface area (Å²) in [5.74, 6) is 1.45. The summed E-state index contributed by atoms with van der Waals surface area (Å²) in [6.07, 6.45) is 5.57. The largest absolute Gasteiger partial charge is 0.274 e. The molecule has 0 aromatic heterocycles. The SMILES string of the molecule is Cc1c(Cl)cccc1N1C(=O)[C@@H]2[C@@H]3C=C[C@H]([C@H]4C[C@@H]34)[C@@H]2C1=O. The predicted molar refractivity (Wildman–Crippen MR) is 83.4 cm³/mol. The number of anilines is 1. The van der Waals surface area contributed by atoms with Crippen molar-refractivity contribution in [1.29, 1.82) is 0 Å². The van der Waals surface area contributed by atoms with Gasteiger partial charge in [-0.25, -0.2) is 4.90 Å². The number of carbonyl (C=O) groups is 2. The predicted octanol–water partition coefficient (Wildman–Crippen LogP) is 3.21. The van der Waals surface area contributed by atoms with Gasteiger partial charge in [0.15, 0.2) is 0 Å². The molecule has 0 radical (unpaired) electrons. The molecule has 0 unspecified atom stereocenters. The summed E-state index contributed by atoms with van der Waals surface area (Å²) in [5, 5.41) is 0.594. The van der Waals surface area contributed by atoms with Crippen molar-refractivity contribution < 1.29 is 9.59 Å². The van der Waals surface area contributed by atoms with Gasteiger partial charge in [-0.3, -0.25) is 9.59 Å². The Balaban J connectivity index is 1.62. The van der Waals surface area contributed by atoms with Crippen molar-refractivity contribution in [2.75, 3.05) is 4.90 Å². The molecule has 3 fully saturated rings. The number of carbonyl (C=O) groups excluding carboxylic acids is 2. The highest BCUT2D eigenvalue weighted by atomic mass is 35.5. The van der Waals surface area contributed by atoms with Crippen LogP contribution in [0.3, 0.4) is 0 Å². The van der Waals surface area contributed by atoms with Crippen LogP contribution in [0.15, 0.2) is 30.4 Å². The Labute approximate surface area is 133 Å². The molecule has 5 aliphatic rings. The third kappa shape index (κ3) is 1.38. The second-order valence-electron chi connectivity index (χ2n) is 7.05. The summed E-state index contributed by atoms with van der Waals surface area (Å²) < 4.78 is 0. The van der Waals surface area contributed by atoms with Gasteiger partial charge in [-0.05, 0) is 54.7 Å². The van der Waals surface area contributed by atoms with Gasteiger partial charge in [0.1, 0.15) is 0 Å². The number of nitrogens with zero attached hydrogens (tertiary/aromatic N) is 1. The zero-order valence-electron chi connectivity index (χ0n) is 12.2. The van der Waals surface area contributed by atoms with Gasteiger partial charge >= 0.3 is 0 Å². The van der Waals surface area contributed by atoms with E-state index in [2.05, 4.69) is 12.2 Å². The second-order valence-corrected chi connectivity index (χ2v) is 7.46. The van der Waals surface area contributed by atoms with E-state index in [-0.39, 0.29) is 35.5 Å². The van der Waals surface area contributed by atoms with E-state index < -0.39 is 0 Å². The molecule has 1 aromatic carbocycles. The number of hydrogen-bond donors (Lipinski definition) is 0. The Morgan fingerprint density at radius 2 is 1.64 bits per heavy atom. The summed E-state index contributed by atoms with van der Waals surface area (Å²) in [6, 6.07) is 5.42. The van der Waals surface area contributed by atoms with Gasteiger partial charge < -0.3 is 0 Å². The summed E-state index contributed by atoms with van der Waals surface area (Å²) >= 11 is 6.18. The molecule has 2 bridgehead atoms. The quantitative estimate of drug-likeness (QED) is 0.590. The number of rotatable bonds is 1. The fraction of sp³-hybridized carbons (Fsp3) is 0.444. The molecule has 6 atom stereocenters. The van der Waals surface area contributed by atoms with Crippen LogP contribution in [0.5, 0.6) is 0 Å². The van der Waals surface area contributed by atoms with Crippen LogP contribution in [0.25, 0.3) is 0 Å². The topological polar surface area (TPSA) is 37.4 Å². The first-order valence-corrected chi connectivity index (χ1v) is 8.28. The van der Waals surface area contributed by atoms with E-state index in [0.717, 1.165) is 5.56 Å². The summed E-state index contributed by atoms with van der Waals surface area (Å²) in [6.45, 7) is 1.87. The van der Waals surface area contributed by atoms with Crippen LogP contribution in [0.4, 0.5) is 5.69 Å². The molecule has 1 aromatic rings. The molecule has 2 saturated carbocycles. The lowest BCUT2D eigenvalue weighted by molar-refractivity contribution is -0.124. The van der Waals surface area contributed by atoms with Gasteiger partial charge in [-0.15, -0.1) is 0 Å². The summed E-state index contributed by atoms with van der Waals surface area (Å²) in [5.41, 5.74) is 1.46. The highest BCUT2D eigenvalue weighted by Gasteiger charge is 2.67. The number of allylic oxidation sites excluding steroid dienone is 2. The first-order chi connectivity index (χ1) is 10.6. The van der Waals surface area contributed by atoms with E-state index >= 15 is 0 Å². The lowest BCUT2D eigenvalue weighted by Gasteiger charge is -2.37. The number of imide groups is 1. The number of halogens is 1. The Morgan fingerprint density at radius 3 is 2.23 bits per heavy atom. The van der Waals surface area contributed by atoms with Crippen molar-refractivity contribution in [2.45, 2.75) is 13.3 Å². The molecule has 0 N–H and O–H groups in total. The van der Waals surface area contributed by atoms with Gasteiger partial charge in [0.2, 0.25) is 11.8 Å². The molecule has 1 heterocycles. The summed E-state index contributed by atoms with van der Waals surface area (Å²) in [7, 11) is 0. The van der Waals surface area contributed by atoms with Crippen molar-refractivity contribution in [2.24, 2.45) is 35.5 Å². The van der Waals surface area contributed by atoms with E-state index in [1.165, 1.54) is 11.3 Å². The molecule has 1 saturated heterocycles. The maximum atomic E-state index is 13.0. The molecule has 4 aliphatic carbocycles. The van der Waals surface area contributed by atoms with Crippen molar-refractivity contribution in [1.82, 2.24) is 0 Å². The maximum Gasteiger partial charge on any atom is 0.238 e. The van der Waals surface area contributed by atoms with Crippen LogP contribution in [-0.2, 0) is 9.59 Å². The zero-order valence-corrected chi connectivity index (χ0v) is 13.0. The van der Waals surface area contributed by atoms with E-state index in [9.17, 15) is 9.59 Å². The zero-order chi connectivity index (χ0) is 15.2. The fourth-order valence-corrected chi connectivity index (χ4v) is 5.20. The van der Waals surface area contributed by atoms with E-state index in [1.54, 1.807) is 12.1 Å². The monoisotopic (exact) mass is 313 g/mol. The van der Waals surface area contributed by atoms with Crippen LogP contribution in [-0.4, -0.2) is 11.8 Å². The Kier molecular flexibility index (Phi) is 2.35. The lowest BCUT2D eigenvalue weighted by atomic mass is 9.63. The molecule has 6 rings (SSSR count). The molecular formula is C18H16ClNO2. The Morgan fingerprint density at radius 1 is 1.05 bits per heavy atom. The van der Waals surface area contributed by atoms with Crippen LogP contribution in [0.1, 0.15) is 12.0 Å². The van der Waals surface area contributed by atoms with Gasteiger partial charge in [0.25, 0.3) is 0 Å². The minimum atomic E-state index is -0.148. The van der Waals surface area contributed by atoms with Crippen LogP contribution in [0, 0.1) is 42.4 Å². The van der Waals surface area contributed by atoms with Crippen molar-refractivity contribution in [3.8, 4) is 0 Å². The average molecular weight is 314 g/mol. The van der Waals surface area contributed by atoms with Crippen molar-refractivity contribution in [3.63, 3.8) is 0 Å². The Bertz CT molecular complexity index is 719. The van der Waals surface area contributed by atoms with Gasteiger partial charge in [-0.1, -0.05) is 29.8 Å².